The first kappa shape index (κ1) is 21.3. The highest BCUT2D eigenvalue weighted by atomic mass is 16.5. The van der Waals surface area contributed by atoms with E-state index in [-0.39, 0.29) is 11.7 Å². The summed E-state index contributed by atoms with van der Waals surface area (Å²) in [6.07, 6.45) is 3.08. The number of para-hydroxylation sites is 1. The van der Waals surface area contributed by atoms with Crippen LogP contribution in [0.2, 0.25) is 0 Å². The van der Waals surface area contributed by atoms with Crippen molar-refractivity contribution in [3.63, 3.8) is 0 Å². The van der Waals surface area contributed by atoms with Crippen LogP contribution in [0.5, 0.6) is 0 Å². The average Bonchev–Trinajstić information content (AvgIpc) is 3.31. The molecule has 0 aliphatic carbocycles. The molecule has 1 amide bonds. The maximum absolute atomic E-state index is 13.0. The number of amides is 1. The number of fused-ring (bicyclic) bond motifs is 3. The monoisotopic (exact) mass is 446 g/mol. The maximum Gasteiger partial charge on any atom is 0.222 e. The highest BCUT2D eigenvalue weighted by Crippen LogP contribution is 2.33. The number of nitrogens with one attached hydrogen (secondary N) is 2. The van der Waals surface area contributed by atoms with Gasteiger partial charge >= 0.3 is 0 Å². The van der Waals surface area contributed by atoms with Crippen molar-refractivity contribution in [2.45, 2.75) is 13.5 Å². The van der Waals surface area contributed by atoms with Gasteiger partial charge in [-0.2, -0.15) is 0 Å². The summed E-state index contributed by atoms with van der Waals surface area (Å²) in [7, 11) is 0. The van der Waals surface area contributed by atoms with Crippen LogP contribution in [0.4, 0.5) is 11.5 Å². The zero-order chi connectivity index (χ0) is 22.8. The van der Waals surface area contributed by atoms with Gasteiger partial charge in [-0.25, -0.2) is 4.98 Å². The van der Waals surface area contributed by atoms with E-state index in [1.807, 2.05) is 0 Å². The number of nitrogens with zero attached hydrogens (tertiary/aromatic N) is 4. The first-order valence-electron chi connectivity index (χ1n) is 11.1. The molecule has 9 nitrogen and oxygen atoms in total. The van der Waals surface area contributed by atoms with E-state index < -0.39 is 0 Å². The Labute approximate surface area is 192 Å². The average molecular weight is 447 g/mol. The number of aromatic nitrogens is 1. The highest BCUT2D eigenvalue weighted by molar-refractivity contribution is 6.10. The Morgan fingerprint density at radius 2 is 2.03 bits per heavy atom. The molecule has 2 N–H and O–H groups in total. The van der Waals surface area contributed by atoms with Crippen molar-refractivity contribution >= 4 is 29.0 Å². The largest absolute Gasteiger partial charge is 0.379 e. The number of hydrogen-bond acceptors (Lipinski definition) is 8. The van der Waals surface area contributed by atoms with Gasteiger partial charge in [-0.1, -0.05) is 12.1 Å². The predicted octanol–water partition coefficient (Wildman–Crippen LogP) is 2.08. The van der Waals surface area contributed by atoms with E-state index in [1.165, 1.54) is 18.7 Å². The summed E-state index contributed by atoms with van der Waals surface area (Å²) in [6.45, 7) is 6.92. The third-order valence-electron chi connectivity index (χ3n) is 5.89. The molecule has 5 rings (SSSR count). The molecule has 0 saturated carbocycles. The van der Waals surface area contributed by atoms with Crippen LogP contribution < -0.4 is 10.6 Å². The fourth-order valence-electron chi connectivity index (χ4n) is 4.29. The Morgan fingerprint density at radius 3 is 2.79 bits per heavy atom. The summed E-state index contributed by atoms with van der Waals surface area (Å²) >= 11 is 0. The fraction of sp³-hybridized carbons (Fsp3) is 0.333. The van der Waals surface area contributed by atoms with E-state index in [0.717, 1.165) is 49.9 Å². The van der Waals surface area contributed by atoms with Gasteiger partial charge < -0.3 is 20.3 Å². The second-order valence-corrected chi connectivity index (χ2v) is 8.22. The Balaban J connectivity index is 1.42. The molecule has 170 valence electrons. The topological polar surface area (TPSA) is 99.2 Å². The molecule has 9 heteroatoms. The number of ketones is 1. The standard InChI is InChI=1S/C24H26N6O3/c1-16(31)27-21-6-5-17(14-26-21)20(32)13-22-28-23-18(15-29-9-11-33-12-10-29)3-2-4-19(23)24-25-7-8-30(22)24/h2-6,13-14,28H,7-12,15H2,1H3,(H,26,27,31)/b22-13+. The number of pyridine rings is 1. The minimum atomic E-state index is -0.206. The number of carbonyl (C=O) groups excluding carboxylic acids is 2. The van der Waals surface area contributed by atoms with Gasteiger partial charge in [0.2, 0.25) is 5.91 Å². The number of rotatable bonds is 5. The number of ether oxygens (including phenoxy) is 1. The van der Waals surface area contributed by atoms with E-state index in [2.05, 4.69) is 43.6 Å². The van der Waals surface area contributed by atoms with Gasteiger partial charge in [0.25, 0.3) is 0 Å². The van der Waals surface area contributed by atoms with E-state index in [4.69, 9.17) is 9.73 Å². The van der Waals surface area contributed by atoms with Crippen molar-refractivity contribution in [2.75, 3.05) is 50.0 Å². The van der Waals surface area contributed by atoms with Gasteiger partial charge in [-0.05, 0) is 23.8 Å². The number of anilines is 2. The molecule has 3 aliphatic rings. The predicted molar refractivity (Wildman–Crippen MR) is 125 cm³/mol. The highest BCUT2D eigenvalue weighted by Gasteiger charge is 2.31. The minimum Gasteiger partial charge on any atom is -0.379 e. The van der Waals surface area contributed by atoms with Crippen molar-refractivity contribution in [2.24, 2.45) is 4.99 Å². The van der Waals surface area contributed by atoms with Crippen LogP contribution in [0.1, 0.15) is 28.4 Å². The van der Waals surface area contributed by atoms with Crippen molar-refractivity contribution in [3.8, 4) is 0 Å². The zero-order valence-corrected chi connectivity index (χ0v) is 18.5. The number of amidine groups is 1. The molecule has 1 fully saturated rings. The molecule has 2 aromatic rings. The molecule has 0 unspecified atom stereocenters. The fourth-order valence-corrected chi connectivity index (χ4v) is 4.29. The molecule has 4 heterocycles. The lowest BCUT2D eigenvalue weighted by molar-refractivity contribution is -0.114. The number of carbonyl (C=O) groups is 2. The molecule has 0 radical (unpaired) electrons. The molecule has 33 heavy (non-hydrogen) atoms. The molecule has 0 atom stereocenters. The number of allylic oxidation sites excluding steroid dienone is 1. The first-order chi connectivity index (χ1) is 16.1. The van der Waals surface area contributed by atoms with Crippen LogP contribution in [0.25, 0.3) is 0 Å². The molecule has 0 bridgehead atoms. The van der Waals surface area contributed by atoms with E-state index in [0.29, 0.717) is 30.3 Å². The van der Waals surface area contributed by atoms with Crippen molar-refractivity contribution in [1.82, 2.24) is 14.8 Å². The quantitative estimate of drug-likeness (QED) is 0.536. The second kappa shape index (κ2) is 9.13. The molecule has 3 aliphatic heterocycles. The molecular weight excluding hydrogens is 420 g/mol. The summed E-state index contributed by atoms with van der Waals surface area (Å²) < 4.78 is 5.48. The Bertz CT molecular complexity index is 1140. The number of aliphatic imine (C=N–C) groups is 1. The van der Waals surface area contributed by atoms with Gasteiger partial charge in [-0.3, -0.25) is 19.5 Å². The number of hydrogen-bond donors (Lipinski definition) is 2. The third kappa shape index (κ3) is 4.50. The van der Waals surface area contributed by atoms with Crippen LogP contribution in [0.15, 0.2) is 53.4 Å². The lowest BCUT2D eigenvalue weighted by Gasteiger charge is -2.34. The molecule has 1 aromatic heterocycles. The minimum absolute atomic E-state index is 0.167. The van der Waals surface area contributed by atoms with Gasteiger partial charge in [-0.15, -0.1) is 0 Å². The van der Waals surface area contributed by atoms with Crippen molar-refractivity contribution < 1.29 is 14.3 Å². The van der Waals surface area contributed by atoms with Gasteiger partial charge in [0.05, 0.1) is 25.4 Å². The van der Waals surface area contributed by atoms with Gasteiger partial charge in [0, 0.05) is 56.5 Å². The van der Waals surface area contributed by atoms with Crippen molar-refractivity contribution in [1.29, 1.82) is 0 Å². The first-order valence-corrected chi connectivity index (χ1v) is 11.1. The Hall–Kier alpha value is -3.56. The SMILES string of the molecule is CC(=O)Nc1ccc(C(=O)/C=C2\Nc3c(CN4CCOCC4)cccc3C3=NCCN32)cn1. The van der Waals surface area contributed by atoms with Crippen molar-refractivity contribution in [3.05, 3.63) is 65.1 Å². The zero-order valence-electron chi connectivity index (χ0n) is 18.5. The summed E-state index contributed by atoms with van der Waals surface area (Å²) in [5.41, 5.74) is 3.68. The van der Waals surface area contributed by atoms with E-state index in [9.17, 15) is 9.59 Å². The van der Waals surface area contributed by atoms with Crippen LogP contribution in [-0.2, 0) is 16.1 Å². The van der Waals surface area contributed by atoms with Crippen LogP contribution in [0, 0.1) is 0 Å². The Kier molecular flexibility index (Phi) is 5.89. The van der Waals surface area contributed by atoms with E-state index >= 15 is 0 Å². The summed E-state index contributed by atoms with van der Waals surface area (Å²) in [5.74, 6) is 1.65. The second-order valence-electron chi connectivity index (χ2n) is 8.22. The lowest BCUT2D eigenvalue weighted by atomic mass is 10.0. The summed E-state index contributed by atoms with van der Waals surface area (Å²) in [4.78, 5) is 37.5. The molecular formula is C24H26N6O3. The molecule has 0 spiro atoms. The number of morpholine rings is 1. The van der Waals surface area contributed by atoms with Gasteiger partial charge in [0.15, 0.2) is 5.78 Å². The molecule has 1 saturated heterocycles. The normalized spacial score (nSPS) is 18.9. The molecule has 1 aromatic carbocycles. The maximum atomic E-state index is 13.0. The third-order valence-corrected chi connectivity index (χ3v) is 5.89. The van der Waals surface area contributed by atoms with Crippen LogP contribution in [-0.4, -0.2) is 71.7 Å². The van der Waals surface area contributed by atoms with E-state index in [1.54, 1.807) is 18.2 Å². The van der Waals surface area contributed by atoms with Crippen LogP contribution >= 0.6 is 0 Å². The smallest absolute Gasteiger partial charge is 0.222 e. The summed E-state index contributed by atoms with van der Waals surface area (Å²) in [6, 6.07) is 9.55. The lowest BCUT2D eigenvalue weighted by Crippen LogP contribution is -2.38. The van der Waals surface area contributed by atoms with Crippen LogP contribution in [0.3, 0.4) is 0 Å². The van der Waals surface area contributed by atoms with Gasteiger partial charge in [0.1, 0.15) is 17.5 Å². The summed E-state index contributed by atoms with van der Waals surface area (Å²) in [5, 5.41) is 6.12. The Morgan fingerprint density at radius 1 is 1.18 bits per heavy atom. The number of benzene rings is 1.